The first-order valence-electron chi connectivity index (χ1n) is 5.07. The molecule has 5 nitrogen and oxygen atoms in total. The maximum Gasteiger partial charge on any atom is 0.323 e. The Morgan fingerprint density at radius 1 is 1.47 bits per heavy atom. The molecule has 1 rings (SSSR count). The van der Waals surface area contributed by atoms with Crippen LogP contribution in [0, 0.1) is 0 Å². The third-order valence-corrected chi connectivity index (χ3v) is 2.22. The van der Waals surface area contributed by atoms with Gasteiger partial charge in [-0.05, 0) is 25.1 Å². The molecule has 0 radical (unpaired) electrons. The minimum atomic E-state index is -1.09. The molecule has 2 amide bonds. The minimum Gasteiger partial charge on any atom is -0.480 e. The van der Waals surface area contributed by atoms with Gasteiger partial charge in [-0.25, -0.2) is 4.79 Å². The Kier molecular flexibility index (Phi) is 4.78. The Morgan fingerprint density at radius 2 is 2.18 bits per heavy atom. The SMILES string of the molecule is CCNC(=O)N(CC(=O)O)c1cccc(Cl)c1. The molecule has 0 fully saturated rings. The smallest absolute Gasteiger partial charge is 0.323 e. The Labute approximate surface area is 104 Å². The normalized spacial score (nSPS) is 9.76. The first-order chi connectivity index (χ1) is 8.04. The summed E-state index contributed by atoms with van der Waals surface area (Å²) >= 11 is 5.80. The van der Waals surface area contributed by atoms with Crippen LogP contribution in [0.4, 0.5) is 10.5 Å². The molecule has 92 valence electrons. The van der Waals surface area contributed by atoms with Gasteiger partial charge >= 0.3 is 12.0 Å². The molecule has 0 aliphatic heterocycles. The molecule has 0 aliphatic carbocycles. The lowest BCUT2D eigenvalue weighted by atomic mass is 10.3. The van der Waals surface area contributed by atoms with E-state index in [1.807, 2.05) is 0 Å². The number of aliphatic carboxylic acids is 1. The van der Waals surface area contributed by atoms with Crippen LogP contribution < -0.4 is 10.2 Å². The molecule has 0 aliphatic rings. The fraction of sp³-hybridized carbons (Fsp3) is 0.273. The van der Waals surface area contributed by atoms with Gasteiger partial charge in [-0.15, -0.1) is 0 Å². The summed E-state index contributed by atoms with van der Waals surface area (Å²) in [7, 11) is 0. The number of carboxylic acid groups (broad SMARTS) is 1. The van der Waals surface area contributed by atoms with Gasteiger partial charge < -0.3 is 10.4 Å². The van der Waals surface area contributed by atoms with E-state index in [9.17, 15) is 9.59 Å². The minimum absolute atomic E-state index is 0.411. The molecule has 1 aromatic carbocycles. The first-order valence-corrected chi connectivity index (χ1v) is 5.45. The number of benzene rings is 1. The zero-order valence-corrected chi connectivity index (χ0v) is 10.1. The molecule has 0 bridgehead atoms. The van der Waals surface area contributed by atoms with Crippen molar-refractivity contribution in [1.29, 1.82) is 0 Å². The molecule has 1 aromatic rings. The van der Waals surface area contributed by atoms with Crippen molar-refractivity contribution < 1.29 is 14.7 Å². The second kappa shape index (κ2) is 6.10. The largest absolute Gasteiger partial charge is 0.480 e. The van der Waals surface area contributed by atoms with Crippen LogP contribution in [0.2, 0.25) is 5.02 Å². The number of anilines is 1. The summed E-state index contributed by atoms with van der Waals surface area (Å²) in [5.41, 5.74) is 0.450. The number of hydrogen-bond donors (Lipinski definition) is 2. The van der Waals surface area contributed by atoms with Crippen molar-refractivity contribution in [3.05, 3.63) is 29.3 Å². The van der Waals surface area contributed by atoms with Crippen LogP contribution in [-0.4, -0.2) is 30.2 Å². The van der Waals surface area contributed by atoms with Crippen molar-refractivity contribution in [1.82, 2.24) is 5.32 Å². The fourth-order valence-electron chi connectivity index (χ4n) is 1.31. The van der Waals surface area contributed by atoms with E-state index in [4.69, 9.17) is 16.7 Å². The maximum absolute atomic E-state index is 11.7. The van der Waals surface area contributed by atoms with Gasteiger partial charge in [0.2, 0.25) is 0 Å². The lowest BCUT2D eigenvalue weighted by Crippen LogP contribution is -2.42. The zero-order chi connectivity index (χ0) is 12.8. The lowest BCUT2D eigenvalue weighted by molar-refractivity contribution is -0.135. The monoisotopic (exact) mass is 256 g/mol. The van der Waals surface area contributed by atoms with Gasteiger partial charge in [-0.2, -0.15) is 0 Å². The number of carbonyl (C=O) groups excluding carboxylic acids is 1. The van der Waals surface area contributed by atoms with Crippen molar-refractivity contribution >= 4 is 29.3 Å². The standard InChI is InChI=1S/C11H13ClN2O3/c1-2-13-11(17)14(7-10(15)16)9-5-3-4-8(12)6-9/h3-6H,2,7H2,1H3,(H,13,17)(H,15,16). The molecule has 0 heterocycles. The third-order valence-electron chi connectivity index (χ3n) is 1.99. The number of carboxylic acids is 1. The Hall–Kier alpha value is -1.75. The highest BCUT2D eigenvalue weighted by molar-refractivity contribution is 6.30. The quantitative estimate of drug-likeness (QED) is 0.865. The van der Waals surface area contributed by atoms with Gasteiger partial charge in [0.25, 0.3) is 0 Å². The van der Waals surface area contributed by atoms with E-state index in [-0.39, 0.29) is 0 Å². The molecule has 2 N–H and O–H groups in total. The summed E-state index contributed by atoms with van der Waals surface area (Å²) in [6.45, 7) is 1.77. The summed E-state index contributed by atoms with van der Waals surface area (Å²) in [6, 6.07) is 6.02. The highest BCUT2D eigenvalue weighted by Gasteiger charge is 2.18. The first kappa shape index (κ1) is 13.3. The maximum atomic E-state index is 11.7. The summed E-state index contributed by atoms with van der Waals surface area (Å²) in [5.74, 6) is -1.09. The van der Waals surface area contributed by atoms with Crippen molar-refractivity contribution in [2.24, 2.45) is 0 Å². The highest BCUT2D eigenvalue weighted by Crippen LogP contribution is 2.19. The number of halogens is 1. The number of nitrogens with one attached hydrogen (secondary N) is 1. The van der Waals surface area contributed by atoms with E-state index in [2.05, 4.69) is 5.32 Å². The van der Waals surface area contributed by atoms with E-state index in [0.717, 1.165) is 4.90 Å². The molecule has 0 spiro atoms. The van der Waals surface area contributed by atoms with E-state index in [1.54, 1.807) is 31.2 Å². The predicted molar refractivity (Wildman–Crippen MR) is 65.5 cm³/mol. The lowest BCUT2D eigenvalue weighted by Gasteiger charge is -2.21. The molecule has 17 heavy (non-hydrogen) atoms. The highest BCUT2D eigenvalue weighted by atomic mass is 35.5. The average Bonchev–Trinajstić information content (AvgIpc) is 2.26. The number of amides is 2. The van der Waals surface area contributed by atoms with Crippen LogP contribution in [0.1, 0.15) is 6.92 Å². The molecule has 0 saturated heterocycles. The zero-order valence-electron chi connectivity index (χ0n) is 9.31. The van der Waals surface area contributed by atoms with Gasteiger partial charge in [0.05, 0.1) is 0 Å². The summed E-state index contributed by atoms with van der Waals surface area (Å²) in [6.07, 6.45) is 0. The van der Waals surface area contributed by atoms with Crippen molar-refractivity contribution in [2.45, 2.75) is 6.92 Å². The molecule has 0 atom stereocenters. The van der Waals surface area contributed by atoms with Crippen molar-refractivity contribution in [3.63, 3.8) is 0 Å². The van der Waals surface area contributed by atoms with Gasteiger partial charge in [-0.1, -0.05) is 17.7 Å². The second-order valence-corrected chi connectivity index (χ2v) is 3.73. The van der Waals surface area contributed by atoms with Gasteiger partial charge in [0.1, 0.15) is 6.54 Å². The molecule has 0 saturated carbocycles. The van der Waals surface area contributed by atoms with Gasteiger partial charge in [-0.3, -0.25) is 9.69 Å². The Bertz CT molecular complexity index is 423. The Balaban J connectivity index is 2.97. The van der Waals surface area contributed by atoms with Crippen molar-refractivity contribution in [2.75, 3.05) is 18.0 Å². The van der Waals surface area contributed by atoms with E-state index >= 15 is 0 Å². The van der Waals surface area contributed by atoms with Crippen molar-refractivity contribution in [3.8, 4) is 0 Å². The molecule has 6 heteroatoms. The van der Waals surface area contributed by atoms with E-state index in [0.29, 0.717) is 17.3 Å². The van der Waals surface area contributed by atoms with Crippen LogP contribution in [0.5, 0.6) is 0 Å². The number of urea groups is 1. The molecule has 0 unspecified atom stereocenters. The molecule has 0 aromatic heterocycles. The molecular weight excluding hydrogens is 244 g/mol. The number of nitrogens with zero attached hydrogens (tertiary/aromatic N) is 1. The van der Waals surface area contributed by atoms with Gasteiger partial charge in [0, 0.05) is 17.3 Å². The van der Waals surface area contributed by atoms with Gasteiger partial charge in [0.15, 0.2) is 0 Å². The topological polar surface area (TPSA) is 69.6 Å². The van der Waals surface area contributed by atoms with Crippen LogP contribution in [-0.2, 0) is 4.79 Å². The van der Waals surface area contributed by atoms with E-state index in [1.165, 1.54) is 0 Å². The van der Waals surface area contributed by atoms with Crippen LogP contribution in [0.3, 0.4) is 0 Å². The summed E-state index contributed by atoms with van der Waals surface area (Å²) < 4.78 is 0. The molecular formula is C11H13ClN2O3. The third kappa shape index (κ3) is 3.96. The number of hydrogen-bond acceptors (Lipinski definition) is 2. The fourth-order valence-corrected chi connectivity index (χ4v) is 1.49. The summed E-state index contributed by atoms with van der Waals surface area (Å²) in [5, 5.41) is 11.8. The van der Waals surface area contributed by atoms with E-state index < -0.39 is 18.5 Å². The summed E-state index contributed by atoms with van der Waals surface area (Å²) in [4.78, 5) is 23.5. The van der Waals surface area contributed by atoms with Crippen LogP contribution >= 0.6 is 11.6 Å². The van der Waals surface area contributed by atoms with Crippen LogP contribution in [0.25, 0.3) is 0 Å². The number of rotatable bonds is 4. The Morgan fingerprint density at radius 3 is 2.71 bits per heavy atom. The second-order valence-electron chi connectivity index (χ2n) is 3.30. The number of carbonyl (C=O) groups is 2. The van der Waals surface area contributed by atoms with Crippen LogP contribution in [0.15, 0.2) is 24.3 Å². The predicted octanol–water partition coefficient (Wildman–Crippen LogP) is 1.96. The average molecular weight is 257 g/mol.